The fourth-order valence-corrected chi connectivity index (χ4v) is 4.30. The maximum Gasteiger partial charge on any atom is 0.119 e. The van der Waals surface area contributed by atoms with Crippen molar-refractivity contribution < 1.29 is 4.74 Å². The summed E-state index contributed by atoms with van der Waals surface area (Å²) in [6.45, 7) is 8.49. The van der Waals surface area contributed by atoms with Gasteiger partial charge in [-0.3, -0.25) is 0 Å². The number of hydrogen-bond donors (Lipinski definition) is 0. The van der Waals surface area contributed by atoms with Gasteiger partial charge in [-0.25, -0.2) is 4.98 Å². The van der Waals surface area contributed by atoms with Gasteiger partial charge in [-0.2, -0.15) is 0 Å². The Morgan fingerprint density at radius 2 is 1.53 bits per heavy atom. The number of aryl methyl sites for hydroxylation is 1. The molecule has 1 heterocycles. The van der Waals surface area contributed by atoms with Crippen LogP contribution < -0.4 is 4.74 Å². The standard InChI is InChI=1S/C29H34N2O/c1-22(2)21-24-15-17-25(18-16-24)23(3)29-30-27-13-7-8-14-28(27)31(29)19-9-10-20-32-26-11-5-4-6-12-26/h4-8,11-18,22-23H,9-10,19-21H2,1-3H3. The van der Waals surface area contributed by atoms with Gasteiger partial charge >= 0.3 is 0 Å². The molecule has 4 rings (SSSR count). The maximum absolute atomic E-state index is 5.87. The lowest BCUT2D eigenvalue weighted by molar-refractivity contribution is 0.303. The quantitative estimate of drug-likeness (QED) is 0.250. The van der Waals surface area contributed by atoms with Crippen LogP contribution in [0.25, 0.3) is 11.0 Å². The van der Waals surface area contributed by atoms with Gasteiger partial charge in [0.1, 0.15) is 11.6 Å². The average Bonchev–Trinajstić information content (AvgIpc) is 3.18. The molecule has 0 bridgehead atoms. The second kappa shape index (κ2) is 10.5. The summed E-state index contributed by atoms with van der Waals surface area (Å²) in [5, 5.41) is 0. The van der Waals surface area contributed by atoms with Crippen molar-refractivity contribution in [1.29, 1.82) is 0 Å². The Hall–Kier alpha value is -3.07. The summed E-state index contributed by atoms with van der Waals surface area (Å²) < 4.78 is 8.28. The van der Waals surface area contributed by atoms with E-state index in [2.05, 4.69) is 73.9 Å². The molecule has 3 nitrogen and oxygen atoms in total. The molecule has 0 radical (unpaired) electrons. The van der Waals surface area contributed by atoms with E-state index in [1.54, 1.807) is 0 Å². The molecule has 0 amide bonds. The second-order valence-corrected chi connectivity index (χ2v) is 9.04. The molecule has 1 atom stereocenters. The van der Waals surface area contributed by atoms with Crippen molar-refractivity contribution in [3.05, 3.63) is 95.8 Å². The highest BCUT2D eigenvalue weighted by molar-refractivity contribution is 5.76. The zero-order chi connectivity index (χ0) is 22.3. The minimum absolute atomic E-state index is 0.246. The number of para-hydroxylation sites is 3. The van der Waals surface area contributed by atoms with E-state index in [1.165, 1.54) is 16.6 Å². The Labute approximate surface area is 192 Å². The molecule has 3 heteroatoms. The molecule has 0 N–H and O–H groups in total. The van der Waals surface area contributed by atoms with Crippen molar-refractivity contribution in [2.45, 2.75) is 52.5 Å². The Kier molecular flexibility index (Phi) is 7.26. The fraction of sp³-hybridized carbons (Fsp3) is 0.345. The average molecular weight is 427 g/mol. The van der Waals surface area contributed by atoms with Gasteiger partial charge in [-0.15, -0.1) is 0 Å². The summed E-state index contributed by atoms with van der Waals surface area (Å²) in [6.07, 6.45) is 3.19. The first-order chi connectivity index (χ1) is 15.6. The van der Waals surface area contributed by atoms with Gasteiger partial charge in [0.2, 0.25) is 0 Å². The summed E-state index contributed by atoms with van der Waals surface area (Å²) >= 11 is 0. The molecule has 1 unspecified atom stereocenters. The Morgan fingerprint density at radius 1 is 0.812 bits per heavy atom. The first-order valence-electron chi connectivity index (χ1n) is 11.8. The number of fused-ring (bicyclic) bond motifs is 1. The van der Waals surface area contributed by atoms with Crippen molar-refractivity contribution in [3.8, 4) is 5.75 Å². The Morgan fingerprint density at radius 3 is 2.28 bits per heavy atom. The lowest BCUT2D eigenvalue weighted by Crippen LogP contribution is -2.10. The van der Waals surface area contributed by atoms with Gasteiger partial charge in [0.15, 0.2) is 0 Å². The normalized spacial score (nSPS) is 12.4. The van der Waals surface area contributed by atoms with Crippen LogP contribution in [0.15, 0.2) is 78.9 Å². The molecule has 0 saturated heterocycles. The third kappa shape index (κ3) is 5.40. The smallest absolute Gasteiger partial charge is 0.119 e. The van der Waals surface area contributed by atoms with Crippen LogP contribution in [0, 0.1) is 5.92 Å². The fourth-order valence-electron chi connectivity index (χ4n) is 4.30. The van der Waals surface area contributed by atoms with Crippen LogP contribution in [0.5, 0.6) is 5.75 Å². The molecule has 0 aliphatic heterocycles. The summed E-state index contributed by atoms with van der Waals surface area (Å²) in [7, 11) is 0. The van der Waals surface area contributed by atoms with Crippen LogP contribution in [0.1, 0.15) is 56.5 Å². The highest BCUT2D eigenvalue weighted by Crippen LogP contribution is 2.28. The molecular formula is C29H34N2O. The summed E-state index contributed by atoms with van der Waals surface area (Å²) in [5.41, 5.74) is 5.02. The van der Waals surface area contributed by atoms with Crippen molar-refractivity contribution in [3.63, 3.8) is 0 Å². The Balaban J connectivity index is 1.47. The van der Waals surface area contributed by atoms with E-state index in [0.29, 0.717) is 5.92 Å². The van der Waals surface area contributed by atoms with Crippen LogP contribution >= 0.6 is 0 Å². The summed E-state index contributed by atoms with van der Waals surface area (Å²) in [4.78, 5) is 5.04. The molecule has 166 valence electrons. The zero-order valence-corrected chi connectivity index (χ0v) is 19.5. The van der Waals surface area contributed by atoms with Gasteiger partial charge in [0, 0.05) is 12.5 Å². The lowest BCUT2D eigenvalue weighted by Gasteiger charge is -2.16. The van der Waals surface area contributed by atoms with Gasteiger partial charge in [0.05, 0.1) is 17.6 Å². The number of nitrogens with zero attached hydrogens (tertiary/aromatic N) is 2. The molecule has 0 aliphatic carbocycles. The zero-order valence-electron chi connectivity index (χ0n) is 19.5. The van der Waals surface area contributed by atoms with Crippen LogP contribution in [0.2, 0.25) is 0 Å². The largest absolute Gasteiger partial charge is 0.494 e. The highest BCUT2D eigenvalue weighted by atomic mass is 16.5. The third-order valence-electron chi connectivity index (χ3n) is 5.98. The van der Waals surface area contributed by atoms with E-state index >= 15 is 0 Å². The number of benzene rings is 3. The number of ether oxygens (including phenoxy) is 1. The molecule has 4 aromatic rings. The molecule has 32 heavy (non-hydrogen) atoms. The van der Waals surface area contributed by atoms with Gasteiger partial charge < -0.3 is 9.30 Å². The van der Waals surface area contributed by atoms with Crippen LogP contribution in [-0.2, 0) is 13.0 Å². The van der Waals surface area contributed by atoms with Crippen molar-refractivity contribution >= 4 is 11.0 Å². The van der Waals surface area contributed by atoms with Crippen molar-refractivity contribution in [2.75, 3.05) is 6.61 Å². The SMILES string of the molecule is CC(C)Cc1ccc(C(C)c2nc3ccccc3n2CCCCOc2ccccc2)cc1. The summed E-state index contributed by atoms with van der Waals surface area (Å²) in [6, 6.07) is 27.6. The number of aromatic nitrogens is 2. The molecular weight excluding hydrogens is 392 g/mol. The van der Waals surface area contributed by atoms with E-state index < -0.39 is 0 Å². The second-order valence-electron chi connectivity index (χ2n) is 9.04. The Bertz CT molecular complexity index is 1110. The number of imidazole rings is 1. The molecule has 0 spiro atoms. The maximum atomic E-state index is 5.87. The topological polar surface area (TPSA) is 27.1 Å². The van der Waals surface area contributed by atoms with E-state index in [9.17, 15) is 0 Å². The third-order valence-corrected chi connectivity index (χ3v) is 5.98. The molecule has 0 aliphatic rings. The minimum atomic E-state index is 0.246. The van der Waals surface area contributed by atoms with E-state index in [1.807, 2.05) is 30.3 Å². The monoisotopic (exact) mass is 426 g/mol. The molecule has 0 saturated carbocycles. The van der Waals surface area contributed by atoms with Gasteiger partial charge in [0.25, 0.3) is 0 Å². The molecule has 0 fully saturated rings. The predicted octanol–water partition coefficient (Wildman–Crippen LogP) is 7.25. The predicted molar refractivity (Wildman–Crippen MR) is 133 cm³/mol. The van der Waals surface area contributed by atoms with E-state index in [-0.39, 0.29) is 5.92 Å². The van der Waals surface area contributed by atoms with Crippen molar-refractivity contribution in [2.24, 2.45) is 5.92 Å². The van der Waals surface area contributed by atoms with E-state index in [4.69, 9.17) is 9.72 Å². The number of unbranched alkanes of at least 4 members (excludes halogenated alkanes) is 1. The van der Waals surface area contributed by atoms with Gasteiger partial charge in [-0.05, 0) is 60.6 Å². The minimum Gasteiger partial charge on any atom is -0.494 e. The lowest BCUT2D eigenvalue weighted by atomic mass is 9.96. The first-order valence-corrected chi connectivity index (χ1v) is 11.8. The summed E-state index contributed by atoms with van der Waals surface area (Å²) in [5.74, 6) is 3.01. The highest BCUT2D eigenvalue weighted by Gasteiger charge is 2.18. The molecule has 1 aromatic heterocycles. The van der Waals surface area contributed by atoms with Crippen LogP contribution in [0.4, 0.5) is 0 Å². The van der Waals surface area contributed by atoms with Crippen LogP contribution in [-0.4, -0.2) is 16.2 Å². The van der Waals surface area contributed by atoms with E-state index in [0.717, 1.165) is 49.5 Å². The van der Waals surface area contributed by atoms with Crippen molar-refractivity contribution in [1.82, 2.24) is 9.55 Å². The van der Waals surface area contributed by atoms with Gasteiger partial charge in [-0.1, -0.05) is 75.4 Å². The number of hydrogen-bond acceptors (Lipinski definition) is 2. The molecule has 3 aromatic carbocycles. The first kappa shape index (κ1) is 22.1. The van der Waals surface area contributed by atoms with Crippen LogP contribution in [0.3, 0.4) is 0 Å². The number of rotatable bonds is 10.